The summed E-state index contributed by atoms with van der Waals surface area (Å²) in [6, 6.07) is 14.5. The van der Waals surface area contributed by atoms with Crippen LogP contribution in [-0.2, 0) is 9.59 Å². The maximum Gasteiger partial charge on any atom is 0.242 e. The molecule has 0 N–H and O–H groups in total. The van der Waals surface area contributed by atoms with Crippen LogP contribution in [0.4, 0.5) is 5.69 Å². The highest BCUT2D eigenvalue weighted by atomic mass is 16.5. The van der Waals surface area contributed by atoms with E-state index in [0.29, 0.717) is 36.9 Å². The van der Waals surface area contributed by atoms with Gasteiger partial charge in [-0.2, -0.15) is 0 Å². The van der Waals surface area contributed by atoms with Gasteiger partial charge in [0.2, 0.25) is 11.8 Å². The molecule has 7 heteroatoms. The highest BCUT2D eigenvalue weighted by Gasteiger charge is 2.26. The summed E-state index contributed by atoms with van der Waals surface area (Å²) in [5, 5.41) is 0. The van der Waals surface area contributed by atoms with Gasteiger partial charge in [-0.25, -0.2) is 0 Å². The molecule has 0 bridgehead atoms. The number of rotatable bonds is 7. The van der Waals surface area contributed by atoms with Crippen molar-refractivity contribution in [3.05, 3.63) is 48.5 Å². The first-order valence-corrected chi connectivity index (χ1v) is 9.11. The predicted octanol–water partition coefficient (Wildman–Crippen LogP) is 2.35. The Bertz CT molecular complexity index is 822. The fourth-order valence-corrected chi connectivity index (χ4v) is 2.85. The lowest BCUT2D eigenvalue weighted by Gasteiger charge is -2.24. The molecule has 0 saturated carbocycles. The summed E-state index contributed by atoms with van der Waals surface area (Å²) in [4.78, 5) is 28.1. The zero-order valence-electron chi connectivity index (χ0n) is 16.1. The Morgan fingerprint density at radius 1 is 1.14 bits per heavy atom. The molecule has 0 saturated heterocycles. The van der Waals surface area contributed by atoms with Gasteiger partial charge in [-0.3, -0.25) is 14.5 Å². The van der Waals surface area contributed by atoms with E-state index >= 15 is 0 Å². The minimum atomic E-state index is -0.164. The number of ether oxygens (including phenoxy) is 3. The standard InChI is InChI=1S/C21H24N2O5/c1-22(12-14-27-17-9-7-16(26-2)8-10-17)21(25)15-23-18-5-3-4-6-19(18)28-13-11-20(23)24/h3-10H,11-15H2,1-2H3. The van der Waals surface area contributed by atoms with E-state index in [1.807, 2.05) is 36.4 Å². The zero-order valence-corrected chi connectivity index (χ0v) is 16.1. The second-order valence-electron chi connectivity index (χ2n) is 6.39. The topological polar surface area (TPSA) is 68.3 Å². The molecule has 7 nitrogen and oxygen atoms in total. The fraction of sp³-hybridized carbons (Fsp3) is 0.333. The minimum absolute atomic E-state index is 0.0295. The molecular formula is C21H24N2O5. The zero-order chi connectivity index (χ0) is 19.9. The SMILES string of the molecule is COc1ccc(OCCN(C)C(=O)CN2C(=O)CCOc3ccccc32)cc1. The van der Waals surface area contributed by atoms with Gasteiger partial charge in [-0.05, 0) is 36.4 Å². The summed E-state index contributed by atoms with van der Waals surface area (Å²) in [7, 11) is 3.31. The number of nitrogens with zero attached hydrogens (tertiary/aromatic N) is 2. The van der Waals surface area contributed by atoms with Crippen molar-refractivity contribution in [1.82, 2.24) is 4.90 Å². The van der Waals surface area contributed by atoms with Crippen molar-refractivity contribution in [3.8, 4) is 17.2 Å². The summed E-state index contributed by atoms with van der Waals surface area (Å²) in [6.45, 7) is 1.04. The molecule has 2 aromatic carbocycles. The predicted molar refractivity (Wildman–Crippen MR) is 105 cm³/mol. The number of fused-ring (bicyclic) bond motifs is 1. The normalized spacial score (nSPS) is 13.2. The third-order valence-electron chi connectivity index (χ3n) is 4.50. The number of carbonyl (C=O) groups is 2. The van der Waals surface area contributed by atoms with Gasteiger partial charge < -0.3 is 19.1 Å². The Morgan fingerprint density at radius 2 is 1.86 bits per heavy atom. The first kappa shape index (κ1) is 19.5. The molecular weight excluding hydrogens is 360 g/mol. The maximum absolute atomic E-state index is 12.6. The number of likely N-dealkylation sites (N-methyl/N-ethyl adjacent to an activating group) is 1. The van der Waals surface area contributed by atoms with E-state index in [0.717, 1.165) is 5.75 Å². The van der Waals surface area contributed by atoms with Crippen LogP contribution in [0.25, 0.3) is 0 Å². The van der Waals surface area contributed by atoms with Gasteiger partial charge in [0.25, 0.3) is 0 Å². The molecule has 0 fully saturated rings. The van der Waals surface area contributed by atoms with Crippen molar-refractivity contribution in [3.63, 3.8) is 0 Å². The van der Waals surface area contributed by atoms with Crippen molar-refractivity contribution >= 4 is 17.5 Å². The number of carbonyl (C=O) groups excluding carboxylic acids is 2. The summed E-state index contributed by atoms with van der Waals surface area (Å²) >= 11 is 0. The Morgan fingerprint density at radius 3 is 2.61 bits per heavy atom. The van der Waals surface area contributed by atoms with Gasteiger partial charge >= 0.3 is 0 Å². The van der Waals surface area contributed by atoms with Gasteiger partial charge in [-0.1, -0.05) is 12.1 Å². The monoisotopic (exact) mass is 384 g/mol. The molecule has 28 heavy (non-hydrogen) atoms. The number of hydrogen-bond acceptors (Lipinski definition) is 5. The second kappa shape index (κ2) is 9.12. The number of para-hydroxylation sites is 2. The first-order valence-electron chi connectivity index (χ1n) is 9.11. The number of benzene rings is 2. The van der Waals surface area contributed by atoms with Gasteiger partial charge in [0.05, 0.1) is 32.4 Å². The van der Waals surface area contributed by atoms with E-state index in [1.54, 1.807) is 31.2 Å². The summed E-state index contributed by atoms with van der Waals surface area (Å²) in [6.07, 6.45) is 0.242. The maximum atomic E-state index is 12.6. The van der Waals surface area contributed by atoms with Crippen LogP contribution in [0.2, 0.25) is 0 Å². The molecule has 0 radical (unpaired) electrons. The molecule has 0 unspecified atom stereocenters. The van der Waals surface area contributed by atoms with Crippen molar-refractivity contribution in [2.24, 2.45) is 0 Å². The minimum Gasteiger partial charge on any atom is -0.497 e. The van der Waals surface area contributed by atoms with E-state index in [9.17, 15) is 9.59 Å². The van der Waals surface area contributed by atoms with Gasteiger partial charge in [-0.15, -0.1) is 0 Å². The Labute approximate surface area is 164 Å². The van der Waals surface area contributed by atoms with Crippen LogP contribution < -0.4 is 19.1 Å². The third kappa shape index (κ3) is 4.73. The van der Waals surface area contributed by atoms with Gasteiger partial charge in [0, 0.05) is 7.05 Å². The molecule has 0 aliphatic carbocycles. The Balaban J connectivity index is 1.55. The van der Waals surface area contributed by atoms with Crippen molar-refractivity contribution < 1.29 is 23.8 Å². The average molecular weight is 384 g/mol. The third-order valence-corrected chi connectivity index (χ3v) is 4.50. The molecule has 148 valence electrons. The Kier molecular flexibility index (Phi) is 6.37. The van der Waals surface area contributed by atoms with Crippen molar-refractivity contribution in [2.45, 2.75) is 6.42 Å². The smallest absolute Gasteiger partial charge is 0.242 e. The molecule has 1 aliphatic heterocycles. The molecule has 1 aliphatic rings. The van der Waals surface area contributed by atoms with Crippen LogP contribution in [0.15, 0.2) is 48.5 Å². The number of hydrogen-bond donors (Lipinski definition) is 0. The second-order valence-corrected chi connectivity index (χ2v) is 6.39. The van der Waals surface area contributed by atoms with Gasteiger partial charge in [0.15, 0.2) is 0 Å². The lowest BCUT2D eigenvalue weighted by molar-refractivity contribution is -0.130. The molecule has 0 atom stereocenters. The summed E-state index contributed by atoms with van der Waals surface area (Å²) < 4.78 is 16.4. The van der Waals surface area contributed by atoms with E-state index in [1.165, 1.54) is 4.90 Å². The van der Waals surface area contributed by atoms with E-state index in [4.69, 9.17) is 14.2 Å². The van der Waals surface area contributed by atoms with Crippen LogP contribution >= 0.6 is 0 Å². The number of methoxy groups -OCH3 is 1. The van der Waals surface area contributed by atoms with Crippen LogP contribution in [0, 0.1) is 0 Å². The van der Waals surface area contributed by atoms with Crippen LogP contribution in [-0.4, -0.2) is 57.2 Å². The van der Waals surface area contributed by atoms with Crippen LogP contribution in [0.1, 0.15) is 6.42 Å². The number of amides is 2. The lowest BCUT2D eigenvalue weighted by Crippen LogP contribution is -2.42. The Hall–Kier alpha value is -3.22. The molecule has 1 heterocycles. The van der Waals surface area contributed by atoms with E-state index in [2.05, 4.69) is 0 Å². The first-order chi connectivity index (χ1) is 13.6. The molecule has 0 aromatic heterocycles. The van der Waals surface area contributed by atoms with Crippen LogP contribution in [0.5, 0.6) is 17.2 Å². The average Bonchev–Trinajstić information content (AvgIpc) is 2.87. The van der Waals surface area contributed by atoms with Crippen molar-refractivity contribution in [1.29, 1.82) is 0 Å². The summed E-state index contributed by atoms with van der Waals surface area (Å²) in [5.41, 5.74) is 0.626. The lowest BCUT2D eigenvalue weighted by atomic mass is 10.2. The van der Waals surface area contributed by atoms with Crippen LogP contribution in [0.3, 0.4) is 0 Å². The fourth-order valence-electron chi connectivity index (χ4n) is 2.85. The van der Waals surface area contributed by atoms with E-state index in [-0.39, 0.29) is 24.8 Å². The highest BCUT2D eigenvalue weighted by molar-refractivity contribution is 6.00. The number of anilines is 1. The van der Waals surface area contributed by atoms with Gasteiger partial charge in [0.1, 0.15) is 30.4 Å². The molecule has 2 aromatic rings. The van der Waals surface area contributed by atoms with Crippen molar-refractivity contribution in [2.75, 3.05) is 45.4 Å². The highest BCUT2D eigenvalue weighted by Crippen LogP contribution is 2.30. The largest absolute Gasteiger partial charge is 0.497 e. The molecule has 2 amide bonds. The van der Waals surface area contributed by atoms with E-state index < -0.39 is 0 Å². The molecule has 0 spiro atoms. The summed E-state index contributed by atoms with van der Waals surface area (Å²) in [5.74, 6) is 1.79. The molecule has 3 rings (SSSR count). The quantitative estimate of drug-likeness (QED) is 0.733.